The van der Waals surface area contributed by atoms with E-state index >= 15 is 0 Å². The Kier molecular flexibility index (Phi) is 5.83. The molecule has 1 aliphatic heterocycles. The number of alkyl halides is 5. The maximum Gasteiger partial charge on any atom is 0.455 e. The topological polar surface area (TPSA) is 38.8 Å². The predicted molar refractivity (Wildman–Crippen MR) is 70.1 cm³/mol. The third-order valence-electron chi connectivity index (χ3n) is 4.21. The van der Waals surface area contributed by atoms with Crippen LogP contribution in [0.4, 0.5) is 22.0 Å². The molecule has 0 N–H and O–H groups in total. The van der Waals surface area contributed by atoms with Crippen molar-refractivity contribution < 1.29 is 36.2 Å². The Morgan fingerprint density at radius 2 is 1.87 bits per heavy atom. The Labute approximate surface area is 130 Å². The second-order valence-electron chi connectivity index (χ2n) is 5.85. The molecule has 2 aliphatic rings. The maximum atomic E-state index is 12.7. The van der Waals surface area contributed by atoms with Gasteiger partial charge in [-0.15, -0.1) is 0 Å². The lowest BCUT2D eigenvalue weighted by atomic mass is 9.90. The summed E-state index contributed by atoms with van der Waals surface area (Å²) in [6.07, 6.45) is -2.13. The summed E-state index contributed by atoms with van der Waals surface area (Å²) in [7, 11) is 0. The molecule has 0 aromatic rings. The number of nitrogens with zero attached hydrogens (tertiary/aromatic N) is 1. The number of ether oxygens (including phenoxy) is 2. The van der Waals surface area contributed by atoms with Gasteiger partial charge in [0.25, 0.3) is 0 Å². The first-order valence-corrected chi connectivity index (χ1v) is 7.66. The molecule has 0 spiro atoms. The van der Waals surface area contributed by atoms with Crippen LogP contribution >= 0.6 is 0 Å². The quantitative estimate of drug-likeness (QED) is 0.568. The summed E-state index contributed by atoms with van der Waals surface area (Å²) in [6.45, 7) is -1.39. The molecule has 0 aromatic carbocycles. The number of hydrogen-bond donors (Lipinski definition) is 0. The van der Waals surface area contributed by atoms with Gasteiger partial charge < -0.3 is 14.4 Å². The fourth-order valence-electron chi connectivity index (χ4n) is 2.99. The van der Waals surface area contributed by atoms with Crippen molar-refractivity contribution in [3.8, 4) is 0 Å². The van der Waals surface area contributed by atoms with Gasteiger partial charge in [0.15, 0.2) is 0 Å². The standard InChI is InChI=1S/C14H20F5NO3/c15-13(16,14(17,18)19)9-22-7-5-12(21)20-6-8-23-11-4-2-1-3-10(11)20/h10-11H,1-9H2/t10-,11-/m1/s1. The lowest BCUT2D eigenvalue weighted by molar-refractivity contribution is -0.296. The van der Waals surface area contributed by atoms with Crippen molar-refractivity contribution in [1.82, 2.24) is 4.90 Å². The molecule has 0 aromatic heterocycles. The van der Waals surface area contributed by atoms with Gasteiger partial charge in [0, 0.05) is 6.54 Å². The number of amides is 1. The van der Waals surface area contributed by atoms with Crippen molar-refractivity contribution in [3.05, 3.63) is 0 Å². The van der Waals surface area contributed by atoms with Crippen molar-refractivity contribution in [1.29, 1.82) is 0 Å². The van der Waals surface area contributed by atoms with Crippen LogP contribution in [0.1, 0.15) is 32.1 Å². The maximum absolute atomic E-state index is 12.7. The van der Waals surface area contributed by atoms with Crippen LogP contribution in [0.3, 0.4) is 0 Å². The van der Waals surface area contributed by atoms with Crippen molar-refractivity contribution >= 4 is 5.91 Å². The van der Waals surface area contributed by atoms with Gasteiger partial charge in [-0.3, -0.25) is 4.79 Å². The molecule has 2 fully saturated rings. The Hall–Kier alpha value is -0.960. The molecule has 9 heteroatoms. The lowest BCUT2D eigenvalue weighted by Crippen LogP contribution is -2.55. The highest BCUT2D eigenvalue weighted by atomic mass is 19.4. The SMILES string of the molecule is O=C(CCOCC(F)(F)C(F)(F)F)N1CCO[C@@H]2CCCC[C@H]21. The Bertz CT molecular complexity index is 414. The third-order valence-corrected chi connectivity index (χ3v) is 4.21. The summed E-state index contributed by atoms with van der Waals surface area (Å²) >= 11 is 0. The van der Waals surface area contributed by atoms with Crippen LogP contribution in [-0.2, 0) is 14.3 Å². The monoisotopic (exact) mass is 345 g/mol. The first-order valence-electron chi connectivity index (χ1n) is 7.66. The zero-order valence-corrected chi connectivity index (χ0v) is 12.6. The average Bonchev–Trinajstić information content (AvgIpc) is 2.49. The predicted octanol–water partition coefficient (Wildman–Crippen LogP) is 2.76. The van der Waals surface area contributed by atoms with Gasteiger partial charge in [0.05, 0.1) is 31.8 Å². The van der Waals surface area contributed by atoms with E-state index in [0.29, 0.717) is 13.2 Å². The zero-order chi connectivity index (χ0) is 17.1. The van der Waals surface area contributed by atoms with E-state index in [1.165, 1.54) is 0 Å². The molecule has 0 unspecified atom stereocenters. The molecule has 1 amide bonds. The molecular weight excluding hydrogens is 325 g/mol. The van der Waals surface area contributed by atoms with Crippen LogP contribution in [-0.4, -0.2) is 61.4 Å². The molecule has 0 bridgehead atoms. The molecule has 2 rings (SSSR count). The third kappa shape index (κ3) is 4.53. The van der Waals surface area contributed by atoms with Crippen molar-refractivity contribution in [3.63, 3.8) is 0 Å². The Morgan fingerprint density at radius 1 is 1.17 bits per heavy atom. The summed E-state index contributed by atoms with van der Waals surface area (Å²) in [5.41, 5.74) is 0. The molecule has 23 heavy (non-hydrogen) atoms. The molecule has 134 valence electrons. The van der Waals surface area contributed by atoms with Gasteiger partial charge in [-0.25, -0.2) is 0 Å². The van der Waals surface area contributed by atoms with Crippen LogP contribution in [0.15, 0.2) is 0 Å². The van der Waals surface area contributed by atoms with E-state index in [-0.39, 0.29) is 24.5 Å². The zero-order valence-electron chi connectivity index (χ0n) is 12.6. The molecule has 1 saturated carbocycles. The number of rotatable bonds is 5. The molecule has 1 aliphatic carbocycles. The van der Waals surface area contributed by atoms with E-state index in [1.807, 2.05) is 0 Å². The van der Waals surface area contributed by atoms with Crippen LogP contribution < -0.4 is 0 Å². The molecule has 1 heterocycles. The van der Waals surface area contributed by atoms with Gasteiger partial charge in [0.1, 0.15) is 6.61 Å². The minimum atomic E-state index is -5.64. The highest BCUT2D eigenvalue weighted by Crippen LogP contribution is 2.35. The van der Waals surface area contributed by atoms with Crippen molar-refractivity contribution in [2.24, 2.45) is 0 Å². The summed E-state index contributed by atoms with van der Waals surface area (Å²) < 4.78 is 71.3. The Balaban J connectivity index is 1.76. The normalized spacial score (nSPS) is 26.0. The van der Waals surface area contributed by atoms with Crippen molar-refractivity contribution in [2.45, 2.75) is 56.3 Å². The van der Waals surface area contributed by atoms with E-state index in [0.717, 1.165) is 25.7 Å². The van der Waals surface area contributed by atoms with Crippen molar-refractivity contribution in [2.75, 3.05) is 26.4 Å². The van der Waals surface area contributed by atoms with Gasteiger partial charge in [-0.1, -0.05) is 12.8 Å². The highest BCUT2D eigenvalue weighted by molar-refractivity contribution is 5.76. The number of fused-ring (bicyclic) bond motifs is 1. The number of halogens is 5. The largest absolute Gasteiger partial charge is 0.455 e. The van der Waals surface area contributed by atoms with E-state index < -0.39 is 25.3 Å². The van der Waals surface area contributed by atoms with E-state index in [1.54, 1.807) is 4.90 Å². The minimum Gasteiger partial charge on any atom is -0.374 e. The van der Waals surface area contributed by atoms with E-state index in [2.05, 4.69) is 4.74 Å². The molecule has 0 radical (unpaired) electrons. The van der Waals surface area contributed by atoms with Gasteiger partial charge >= 0.3 is 12.1 Å². The summed E-state index contributed by atoms with van der Waals surface area (Å²) in [5, 5.41) is 0. The first-order chi connectivity index (χ1) is 10.7. The fourth-order valence-corrected chi connectivity index (χ4v) is 2.99. The first kappa shape index (κ1) is 18.4. The summed E-state index contributed by atoms with van der Waals surface area (Å²) in [4.78, 5) is 13.8. The highest BCUT2D eigenvalue weighted by Gasteiger charge is 2.57. The Morgan fingerprint density at radius 3 is 2.57 bits per heavy atom. The van der Waals surface area contributed by atoms with Gasteiger partial charge in [-0.05, 0) is 12.8 Å². The van der Waals surface area contributed by atoms with E-state index in [4.69, 9.17) is 4.74 Å². The van der Waals surface area contributed by atoms with Crippen LogP contribution in [0.5, 0.6) is 0 Å². The molecule has 2 atom stereocenters. The second kappa shape index (κ2) is 7.29. The summed E-state index contributed by atoms with van der Waals surface area (Å²) in [5.74, 6) is -5.19. The van der Waals surface area contributed by atoms with Crippen LogP contribution in [0, 0.1) is 0 Å². The van der Waals surface area contributed by atoms with Gasteiger partial charge in [0.2, 0.25) is 5.91 Å². The summed E-state index contributed by atoms with van der Waals surface area (Å²) in [6, 6.07) is -0.0263. The van der Waals surface area contributed by atoms with Crippen LogP contribution in [0.25, 0.3) is 0 Å². The van der Waals surface area contributed by atoms with E-state index in [9.17, 15) is 26.7 Å². The number of carbonyl (C=O) groups is 1. The number of morpholine rings is 1. The second-order valence-corrected chi connectivity index (χ2v) is 5.85. The van der Waals surface area contributed by atoms with Crippen LogP contribution in [0.2, 0.25) is 0 Å². The number of carbonyl (C=O) groups excluding carboxylic acids is 1. The van der Waals surface area contributed by atoms with Gasteiger partial charge in [-0.2, -0.15) is 22.0 Å². The fraction of sp³-hybridized carbons (Fsp3) is 0.929. The number of hydrogen-bond acceptors (Lipinski definition) is 3. The minimum absolute atomic E-state index is 0.00284. The lowest BCUT2D eigenvalue weighted by Gasteiger charge is -2.43. The molecule has 1 saturated heterocycles. The molecule has 4 nitrogen and oxygen atoms in total. The molecular formula is C14H20F5NO3. The smallest absolute Gasteiger partial charge is 0.374 e. The average molecular weight is 345 g/mol.